The molecular formula is C44H39ClF2N12. The van der Waals surface area contributed by atoms with Crippen LogP contribution in [0.2, 0.25) is 5.15 Å². The van der Waals surface area contributed by atoms with E-state index >= 15 is 0 Å². The highest BCUT2D eigenvalue weighted by Crippen LogP contribution is 2.31. The van der Waals surface area contributed by atoms with Crippen molar-refractivity contribution in [3.8, 4) is 34.4 Å². The van der Waals surface area contributed by atoms with Crippen LogP contribution in [0, 0.1) is 11.6 Å². The number of fused-ring (bicyclic) bond motifs is 2. The molecule has 0 amide bonds. The van der Waals surface area contributed by atoms with E-state index in [1.807, 2.05) is 39.5 Å². The Morgan fingerprint density at radius 3 is 1.49 bits per heavy atom. The van der Waals surface area contributed by atoms with Crippen LogP contribution in [0.3, 0.4) is 0 Å². The maximum absolute atomic E-state index is 13.5. The Morgan fingerprint density at radius 2 is 1.02 bits per heavy atom. The smallest absolute Gasteiger partial charge is 0.224 e. The monoisotopic (exact) mass is 808 g/mol. The van der Waals surface area contributed by atoms with E-state index in [-0.39, 0.29) is 11.6 Å². The van der Waals surface area contributed by atoms with Crippen LogP contribution in [-0.4, -0.2) is 61.1 Å². The van der Waals surface area contributed by atoms with E-state index in [1.54, 1.807) is 48.8 Å². The molecular weight excluding hydrogens is 770 g/mol. The predicted octanol–water partition coefficient (Wildman–Crippen LogP) is 10.0. The van der Waals surface area contributed by atoms with Crippen molar-refractivity contribution in [2.75, 3.05) is 10.6 Å². The van der Waals surface area contributed by atoms with Crippen LogP contribution < -0.4 is 10.6 Å². The van der Waals surface area contributed by atoms with Crippen molar-refractivity contribution in [2.24, 2.45) is 0 Å². The highest BCUT2D eigenvalue weighted by molar-refractivity contribution is 6.29. The summed E-state index contributed by atoms with van der Waals surface area (Å²) in [5.41, 5.74) is 4.92. The lowest BCUT2D eigenvalue weighted by atomic mass is 10.2. The van der Waals surface area contributed by atoms with Crippen molar-refractivity contribution in [3.05, 3.63) is 126 Å². The Kier molecular flexibility index (Phi) is 10.7. The van der Waals surface area contributed by atoms with Crippen molar-refractivity contribution in [1.82, 2.24) is 49.0 Å². The van der Waals surface area contributed by atoms with Crippen LogP contribution in [-0.2, 0) is 0 Å². The number of halogens is 3. The first-order chi connectivity index (χ1) is 28.9. The molecule has 2 N–H and O–H groups in total. The minimum Gasteiger partial charge on any atom is -0.351 e. The third-order valence-corrected chi connectivity index (χ3v) is 10.8. The maximum Gasteiger partial charge on any atom is 0.224 e. The van der Waals surface area contributed by atoms with Gasteiger partial charge in [-0.1, -0.05) is 43.9 Å². The van der Waals surface area contributed by atoms with Gasteiger partial charge in [-0.05, 0) is 117 Å². The van der Waals surface area contributed by atoms with Gasteiger partial charge < -0.3 is 10.6 Å². The van der Waals surface area contributed by atoms with Crippen LogP contribution in [0.15, 0.2) is 104 Å². The van der Waals surface area contributed by atoms with Crippen molar-refractivity contribution in [1.29, 1.82) is 0 Å². The molecule has 6 heterocycles. The van der Waals surface area contributed by atoms with Gasteiger partial charge in [-0.25, -0.2) is 38.7 Å². The van der Waals surface area contributed by atoms with Crippen LogP contribution in [0.4, 0.5) is 20.7 Å². The number of benzene rings is 2. The molecule has 2 aliphatic rings. The molecule has 0 aliphatic heterocycles. The van der Waals surface area contributed by atoms with E-state index in [2.05, 4.69) is 42.1 Å². The van der Waals surface area contributed by atoms with Crippen LogP contribution in [0.5, 0.6) is 0 Å². The van der Waals surface area contributed by atoms with Crippen molar-refractivity contribution >= 4 is 51.9 Å². The number of hydrogen-bond acceptors (Lipinski definition) is 10. The van der Waals surface area contributed by atoms with Gasteiger partial charge in [0.1, 0.15) is 40.1 Å². The van der Waals surface area contributed by atoms with Gasteiger partial charge in [0.05, 0.1) is 16.7 Å². The van der Waals surface area contributed by atoms with Crippen molar-refractivity contribution in [3.63, 3.8) is 0 Å². The Labute approximate surface area is 343 Å². The average Bonchev–Trinajstić information content (AvgIpc) is 4.09. The predicted molar refractivity (Wildman–Crippen MR) is 227 cm³/mol. The fourth-order valence-corrected chi connectivity index (χ4v) is 7.81. The number of aromatic nitrogens is 10. The summed E-state index contributed by atoms with van der Waals surface area (Å²) >= 11 is 6.07. The molecule has 2 aliphatic carbocycles. The fourth-order valence-electron chi connectivity index (χ4n) is 7.67. The van der Waals surface area contributed by atoms with E-state index in [4.69, 9.17) is 26.6 Å². The SMILES string of the molecule is C=Cc1ccc2c(n1)nc(-c1ccc(F)cc1)n2-c1ccnc(NC2CCCC2)n1.Fc1ccc(-c2nc3nc(Cl)ccc3n2-c2ccnc(NC3CCCC3)n2)cc1. The number of imidazole rings is 2. The van der Waals surface area contributed by atoms with E-state index in [1.165, 1.54) is 49.9 Å². The normalized spacial score (nSPS) is 14.4. The van der Waals surface area contributed by atoms with Crippen molar-refractivity contribution < 1.29 is 8.78 Å². The van der Waals surface area contributed by atoms with E-state index in [0.717, 1.165) is 53.5 Å². The van der Waals surface area contributed by atoms with E-state index < -0.39 is 0 Å². The van der Waals surface area contributed by atoms with Gasteiger partial charge in [0.15, 0.2) is 11.3 Å². The van der Waals surface area contributed by atoms with E-state index in [0.29, 0.717) is 63.7 Å². The molecule has 6 aromatic heterocycles. The van der Waals surface area contributed by atoms with Gasteiger partial charge in [0, 0.05) is 35.6 Å². The zero-order valence-electron chi connectivity index (χ0n) is 31.9. The number of pyridine rings is 2. The van der Waals surface area contributed by atoms with Crippen LogP contribution >= 0.6 is 11.6 Å². The molecule has 0 atom stereocenters. The van der Waals surface area contributed by atoms with Gasteiger partial charge in [-0.2, -0.15) is 9.97 Å². The second-order valence-electron chi connectivity index (χ2n) is 14.5. The topological polar surface area (TPSA) is 137 Å². The first kappa shape index (κ1) is 37.9. The van der Waals surface area contributed by atoms with Crippen LogP contribution in [0.25, 0.3) is 62.8 Å². The number of anilines is 2. The number of nitrogens with zero attached hydrogens (tertiary/aromatic N) is 10. The summed E-state index contributed by atoms with van der Waals surface area (Å²) in [5.74, 6) is 3.18. The minimum atomic E-state index is -0.303. The first-order valence-corrected chi connectivity index (χ1v) is 20.0. The molecule has 2 aromatic carbocycles. The largest absolute Gasteiger partial charge is 0.351 e. The standard InChI is InChI=1S/C23H21FN6.C21H18ClFN6/c1-2-17-11-12-19-21(26-17)29-22(15-7-9-16(24)10-8-15)30(19)20-13-14-25-23(28-20)27-18-5-3-4-6-18;22-17-10-9-16-19(26-17)28-20(13-5-7-14(23)8-6-13)29(16)18-11-12-24-21(27-18)25-15-3-1-2-4-15/h2,7-14,18H,1,3-6H2,(H,25,27,28);5-12,15H,1-4H2,(H,24,25,27). The average molecular weight is 809 g/mol. The molecule has 2 saturated carbocycles. The molecule has 12 nitrogen and oxygen atoms in total. The molecule has 0 spiro atoms. The summed E-state index contributed by atoms with van der Waals surface area (Å²) in [6, 6.07) is 24.4. The highest BCUT2D eigenvalue weighted by atomic mass is 35.5. The minimum absolute atomic E-state index is 0.293. The van der Waals surface area contributed by atoms with Gasteiger partial charge in [-0.3, -0.25) is 9.13 Å². The van der Waals surface area contributed by atoms with Crippen LogP contribution in [0.1, 0.15) is 57.1 Å². The number of nitrogens with one attached hydrogen (secondary N) is 2. The lowest BCUT2D eigenvalue weighted by Gasteiger charge is -2.13. The lowest BCUT2D eigenvalue weighted by molar-refractivity contribution is 0.627. The summed E-state index contributed by atoms with van der Waals surface area (Å²) in [6.45, 7) is 3.79. The van der Waals surface area contributed by atoms with Gasteiger partial charge in [0.2, 0.25) is 11.9 Å². The zero-order valence-corrected chi connectivity index (χ0v) is 32.7. The summed E-state index contributed by atoms with van der Waals surface area (Å²) in [7, 11) is 0. The first-order valence-electron chi connectivity index (χ1n) is 19.7. The molecule has 59 heavy (non-hydrogen) atoms. The van der Waals surface area contributed by atoms with Gasteiger partial charge >= 0.3 is 0 Å². The van der Waals surface area contributed by atoms with Gasteiger partial charge in [-0.15, -0.1) is 0 Å². The quantitative estimate of drug-likeness (QED) is 0.136. The Balaban J connectivity index is 0.000000152. The van der Waals surface area contributed by atoms with Crippen molar-refractivity contribution in [2.45, 2.75) is 63.5 Å². The Morgan fingerprint density at radius 1 is 0.559 bits per heavy atom. The zero-order chi connectivity index (χ0) is 40.3. The molecule has 0 radical (unpaired) electrons. The molecule has 296 valence electrons. The summed E-state index contributed by atoms with van der Waals surface area (Å²) < 4.78 is 30.8. The molecule has 15 heteroatoms. The second kappa shape index (κ2) is 16.7. The Hall–Kier alpha value is -6.67. The highest BCUT2D eigenvalue weighted by Gasteiger charge is 2.21. The third kappa shape index (κ3) is 8.21. The molecule has 0 saturated heterocycles. The Bertz CT molecular complexity index is 2760. The van der Waals surface area contributed by atoms with E-state index in [9.17, 15) is 8.78 Å². The molecule has 2 fully saturated rings. The van der Waals surface area contributed by atoms with Gasteiger partial charge in [0.25, 0.3) is 0 Å². The summed E-state index contributed by atoms with van der Waals surface area (Å²) in [5, 5.41) is 7.23. The third-order valence-electron chi connectivity index (χ3n) is 10.6. The lowest BCUT2D eigenvalue weighted by Crippen LogP contribution is -2.17. The second-order valence-corrected chi connectivity index (χ2v) is 14.9. The fraction of sp³-hybridized carbons (Fsp3) is 0.227. The summed E-state index contributed by atoms with van der Waals surface area (Å²) in [4.78, 5) is 36.5. The summed E-state index contributed by atoms with van der Waals surface area (Å²) in [6.07, 6.45) is 14.6. The molecule has 0 unspecified atom stereocenters. The molecule has 8 aromatic rings. The number of hydrogen-bond donors (Lipinski definition) is 2. The molecule has 0 bridgehead atoms. The molecule has 10 rings (SSSR count). The maximum atomic E-state index is 13.5. The number of rotatable bonds is 9.